The van der Waals surface area contributed by atoms with Gasteiger partial charge in [0.25, 0.3) is 0 Å². The highest BCUT2D eigenvalue weighted by atomic mass is 15.1. The van der Waals surface area contributed by atoms with Gasteiger partial charge in [-0.2, -0.15) is 0 Å². The lowest BCUT2D eigenvalue weighted by Gasteiger charge is -2.24. The van der Waals surface area contributed by atoms with E-state index in [9.17, 15) is 0 Å². The van der Waals surface area contributed by atoms with E-state index in [1.54, 1.807) is 0 Å². The van der Waals surface area contributed by atoms with Crippen molar-refractivity contribution in [2.45, 2.75) is 38.6 Å². The second-order valence-corrected chi connectivity index (χ2v) is 6.49. The maximum Gasteiger partial charge on any atom is 0.0316 e. The lowest BCUT2D eigenvalue weighted by molar-refractivity contribution is 0.319. The topological polar surface area (TPSA) is 3.24 Å². The minimum atomic E-state index is 0.476. The molecule has 0 heterocycles. The van der Waals surface area contributed by atoms with Crippen LogP contribution in [0.25, 0.3) is 0 Å². The molecule has 0 aliphatic heterocycles. The van der Waals surface area contributed by atoms with Gasteiger partial charge in [0, 0.05) is 6.04 Å². The zero-order valence-electron chi connectivity index (χ0n) is 13.4. The molecule has 0 spiro atoms. The van der Waals surface area contributed by atoms with E-state index >= 15 is 0 Å². The first-order chi connectivity index (χ1) is 10.1. The summed E-state index contributed by atoms with van der Waals surface area (Å²) in [4.78, 5) is 2.31. The molecule has 110 valence electrons. The van der Waals surface area contributed by atoms with Crippen molar-refractivity contribution in [3.05, 3.63) is 70.3 Å². The van der Waals surface area contributed by atoms with Crippen LogP contribution < -0.4 is 0 Å². The second-order valence-electron chi connectivity index (χ2n) is 6.49. The van der Waals surface area contributed by atoms with Gasteiger partial charge in [-0.1, -0.05) is 42.5 Å². The molecular formula is C20H25N. The van der Waals surface area contributed by atoms with Crippen molar-refractivity contribution in [3.8, 4) is 0 Å². The Kier molecular flexibility index (Phi) is 4.12. The van der Waals surface area contributed by atoms with E-state index < -0.39 is 0 Å². The van der Waals surface area contributed by atoms with Crippen molar-refractivity contribution < 1.29 is 0 Å². The summed E-state index contributed by atoms with van der Waals surface area (Å²) in [6, 6.07) is 16.8. The smallest absolute Gasteiger partial charge is 0.0316 e. The van der Waals surface area contributed by atoms with E-state index in [-0.39, 0.29) is 0 Å². The van der Waals surface area contributed by atoms with Gasteiger partial charge < -0.3 is 4.90 Å². The molecule has 4 bridgehead atoms. The summed E-state index contributed by atoms with van der Waals surface area (Å²) >= 11 is 0. The monoisotopic (exact) mass is 279 g/mol. The Bertz CT molecular complexity index is 610. The van der Waals surface area contributed by atoms with Crippen LogP contribution in [0.2, 0.25) is 0 Å². The van der Waals surface area contributed by atoms with Crippen LogP contribution >= 0.6 is 0 Å². The van der Waals surface area contributed by atoms with Crippen molar-refractivity contribution in [1.82, 2.24) is 4.90 Å². The van der Waals surface area contributed by atoms with Crippen LogP contribution in [0, 0.1) is 0 Å². The van der Waals surface area contributed by atoms with Gasteiger partial charge in [-0.15, -0.1) is 0 Å². The minimum Gasteiger partial charge on any atom is -0.303 e. The van der Waals surface area contributed by atoms with Crippen LogP contribution in [0.3, 0.4) is 0 Å². The Morgan fingerprint density at radius 2 is 1.29 bits per heavy atom. The fraction of sp³-hybridized carbons (Fsp3) is 0.400. The molecule has 0 saturated carbocycles. The molecule has 6 rings (SSSR count). The van der Waals surface area contributed by atoms with Crippen molar-refractivity contribution >= 4 is 0 Å². The van der Waals surface area contributed by atoms with Gasteiger partial charge in [-0.3, -0.25) is 0 Å². The maximum absolute atomic E-state index is 2.44. The van der Waals surface area contributed by atoms with Crippen LogP contribution in [0.5, 0.6) is 0 Å². The van der Waals surface area contributed by atoms with Crippen molar-refractivity contribution in [2.75, 3.05) is 14.1 Å². The average molecular weight is 279 g/mol. The van der Waals surface area contributed by atoms with Gasteiger partial charge >= 0.3 is 0 Å². The first kappa shape index (κ1) is 14.3. The second kappa shape index (κ2) is 6.03. The highest BCUT2D eigenvalue weighted by Gasteiger charge is 2.14. The first-order valence-corrected chi connectivity index (χ1v) is 7.99. The summed E-state index contributed by atoms with van der Waals surface area (Å²) in [5.74, 6) is 0. The third-order valence-corrected chi connectivity index (χ3v) is 4.84. The highest BCUT2D eigenvalue weighted by molar-refractivity contribution is 5.36. The lowest BCUT2D eigenvalue weighted by atomic mass is 9.91. The maximum atomic E-state index is 2.44. The van der Waals surface area contributed by atoms with Crippen LogP contribution in [0.1, 0.15) is 40.8 Å². The van der Waals surface area contributed by atoms with Crippen molar-refractivity contribution in [3.63, 3.8) is 0 Å². The zero-order valence-corrected chi connectivity index (χ0v) is 13.4. The molecule has 2 aromatic carbocycles. The predicted octanol–water partition coefficient (Wildman–Crippen LogP) is 4.19. The number of aryl methyl sites for hydroxylation is 4. The Labute approximate surface area is 128 Å². The van der Waals surface area contributed by atoms with Crippen molar-refractivity contribution in [2.24, 2.45) is 0 Å². The Hall–Kier alpha value is -1.60. The fourth-order valence-electron chi connectivity index (χ4n) is 3.13. The number of nitrogens with zero attached hydrogens (tertiary/aromatic N) is 1. The molecule has 1 unspecified atom stereocenters. The van der Waals surface area contributed by atoms with E-state index in [4.69, 9.17) is 0 Å². The molecule has 4 aliphatic rings. The SMILES string of the molecule is CC(c1cc2ccc1CCc1ccc(cc1)CC2)N(C)C. The van der Waals surface area contributed by atoms with Crippen LogP contribution in [0.4, 0.5) is 0 Å². The fourth-order valence-corrected chi connectivity index (χ4v) is 3.13. The third kappa shape index (κ3) is 3.19. The number of hydrogen-bond donors (Lipinski definition) is 0. The predicted molar refractivity (Wildman–Crippen MR) is 89.8 cm³/mol. The minimum absolute atomic E-state index is 0.476. The van der Waals surface area contributed by atoms with Gasteiger partial charge in [0.05, 0.1) is 0 Å². The molecule has 21 heavy (non-hydrogen) atoms. The number of rotatable bonds is 2. The molecule has 1 atom stereocenters. The molecule has 1 heteroatoms. The number of benzene rings is 2. The first-order valence-electron chi connectivity index (χ1n) is 7.99. The van der Waals surface area contributed by atoms with Gasteiger partial charge in [0.2, 0.25) is 0 Å². The van der Waals surface area contributed by atoms with Crippen LogP contribution in [-0.4, -0.2) is 19.0 Å². The summed E-state index contributed by atoms with van der Waals surface area (Å²) in [6.45, 7) is 2.31. The van der Waals surface area contributed by atoms with E-state index in [2.05, 4.69) is 68.4 Å². The molecular weight excluding hydrogens is 254 g/mol. The molecule has 0 N–H and O–H groups in total. The van der Waals surface area contributed by atoms with Gasteiger partial charge in [0.1, 0.15) is 0 Å². The largest absolute Gasteiger partial charge is 0.303 e. The van der Waals surface area contributed by atoms with Gasteiger partial charge in [0.15, 0.2) is 0 Å². The summed E-state index contributed by atoms with van der Waals surface area (Å²) in [5.41, 5.74) is 7.38. The van der Waals surface area contributed by atoms with E-state index in [1.807, 2.05) is 0 Å². The summed E-state index contributed by atoms with van der Waals surface area (Å²) in [5, 5.41) is 0. The Balaban J connectivity index is 1.99. The van der Waals surface area contributed by atoms with E-state index in [0.717, 1.165) is 25.7 Å². The molecule has 2 aromatic rings. The normalized spacial score (nSPS) is 15.8. The quantitative estimate of drug-likeness (QED) is 0.796. The van der Waals surface area contributed by atoms with Crippen molar-refractivity contribution in [1.29, 1.82) is 0 Å². The standard InChI is InChI=1S/C20H25N/c1-15(21(2)3)20-14-18-9-8-16-4-6-17(7-5-16)10-12-19(20)13-11-18/h4-7,11,13-15H,8-10,12H2,1-3H3. The average Bonchev–Trinajstić information content (AvgIpc) is 2.49. The third-order valence-electron chi connectivity index (χ3n) is 4.84. The lowest BCUT2D eigenvalue weighted by Crippen LogP contribution is -2.19. The van der Waals surface area contributed by atoms with Crippen LogP contribution in [-0.2, 0) is 25.7 Å². The molecule has 4 aliphatic carbocycles. The van der Waals surface area contributed by atoms with Gasteiger partial charge in [-0.25, -0.2) is 0 Å². The summed E-state index contributed by atoms with van der Waals surface area (Å²) < 4.78 is 0. The molecule has 0 amide bonds. The Morgan fingerprint density at radius 3 is 1.90 bits per heavy atom. The highest BCUT2D eigenvalue weighted by Crippen LogP contribution is 2.26. The number of hydrogen-bond acceptors (Lipinski definition) is 1. The van der Waals surface area contributed by atoms with E-state index in [1.165, 1.54) is 27.8 Å². The molecule has 0 fully saturated rings. The molecule has 0 aromatic heterocycles. The summed E-state index contributed by atoms with van der Waals surface area (Å²) in [6.07, 6.45) is 4.53. The zero-order chi connectivity index (χ0) is 14.8. The molecule has 0 saturated heterocycles. The summed E-state index contributed by atoms with van der Waals surface area (Å²) in [7, 11) is 4.34. The Morgan fingerprint density at radius 1 is 0.762 bits per heavy atom. The van der Waals surface area contributed by atoms with Crippen LogP contribution in [0.15, 0.2) is 42.5 Å². The van der Waals surface area contributed by atoms with Gasteiger partial charge in [-0.05, 0) is 74.5 Å². The molecule has 1 nitrogen and oxygen atoms in total. The molecule has 0 radical (unpaired) electrons. The van der Waals surface area contributed by atoms with E-state index in [0.29, 0.717) is 6.04 Å².